The minimum atomic E-state index is -3.88. The number of nitrogens with zero attached hydrogens (tertiary/aromatic N) is 2. The van der Waals surface area contributed by atoms with Crippen molar-refractivity contribution in [1.29, 1.82) is 0 Å². The highest BCUT2D eigenvalue weighted by atomic mass is 32.2. The lowest BCUT2D eigenvalue weighted by molar-refractivity contribution is -0.134. The van der Waals surface area contributed by atoms with E-state index < -0.39 is 22.2 Å². The lowest BCUT2D eigenvalue weighted by Gasteiger charge is -2.33. The van der Waals surface area contributed by atoms with Crippen molar-refractivity contribution in [1.82, 2.24) is 9.21 Å². The van der Waals surface area contributed by atoms with E-state index in [2.05, 4.69) is 10.6 Å². The van der Waals surface area contributed by atoms with Crippen LogP contribution in [0.25, 0.3) is 0 Å². The van der Waals surface area contributed by atoms with Crippen molar-refractivity contribution < 1.29 is 37.4 Å². The SMILES string of the molecule is COc1ccc(S(=O)(=O)N(C)C[C@@H]2Oc3ccc(NC(=O)CCCCCC(=O)Nc4ccccc4N)cc3CC(=O)N([C@@H](C)CO)C[C@H]2C)cc1. The molecular weight excluding hydrogens is 675 g/mol. The van der Waals surface area contributed by atoms with Gasteiger partial charge in [0, 0.05) is 43.6 Å². The maximum atomic E-state index is 13.6. The highest BCUT2D eigenvalue weighted by molar-refractivity contribution is 7.89. The van der Waals surface area contributed by atoms with Gasteiger partial charge in [0.1, 0.15) is 17.6 Å². The number of benzene rings is 3. The highest BCUT2D eigenvalue weighted by Crippen LogP contribution is 2.30. The quantitative estimate of drug-likeness (QED) is 0.132. The van der Waals surface area contributed by atoms with Crippen molar-refractivity contribution in [2.24, 2.45) is 5.92 Å². The number of nitrogen functional groups attached to an aromatic ring is 1. The summed E-state index contributed by atoms with van der Waals surface area (Å²) in [4.78, 5) is 40.4. The fourth-order valence-corrected chi connectivity index (χ4v) is 6.98. The van der Waals surface area contributed by atoms with Gasteiger partial charge < -0.3 is 35.8 Å². The number of fused-ring (bicyclic) bond motifs is 1. The van der Waals surface area contributed by atoms with Crippen molar-refractivity contribution in [3.63, 3.8) is 0 Å². The molecule has 51 heavy (non-hydrogen) atoms. The van der Waals surface area contributed by atoms with Crippen LogP contribution in [0.4, 0.5) is 17.1 Å². The standard InChI is InChI=1S/C37H49N5O8S/c1-25-22-42(26(2)24-43)37(46)21-27-20-28(39-35(44)12-6-5-7-13-36(45)40-32-11-9-8-10-31(32)38)14-19-33(27)50-34(25)23-41(3)51(47,48)30-17-15-29(49-4)16-18-30/h8-11,14-20,25-26,34,43H,5-7,12-13,21-24,38H2,1-4H3,(H,39,44)(H,40,45)/t25-,26+,34+/m1/s1. The Labute approximate surface area is 300 Å². The number of unbranched alkanes of at least 4 members (excludes halogenated alkanes) is 2. The molecule has 0 fully saturated rings. The van der Waals surface area contributed by atoms with Crippen LogP contribution in [-0.4, -0.2) is 86.5 Å². The van der Waals surface area contributed by atoms with Crippen LogP contribution in [0, 0.1) is 5.92 Å². The number of aliphatic hydroxyl groups excluding tert-OH is 1. The van der Waals surface area contributed by atoms with Crippen LogP contribution < -0.4 is 25.8 Å². The molecule has 3 aromatic rings. The number of para-hydroxylation sites is 2. The Morgan fingerprint density at radius 1 is 1.04 bits per heavy atom. The second-order valence-corrected chi connectivity index (χ2v) is 15.0. The zero-order valence-corrected chi connectivity index (χ0v) is 30.4. The van der Waals surface area contributed by atoms with Crippen LogP contribution in [-0.2, 0) is 30.8 Å². The fraction of sp³-hybridized carbons (Fsp3) is 0.432. The Morgan fingerprint density at radius 3 is 2.35 bits per heavy atom. The smallest absolute Gasteiger partial charge is 0.242 e. The number of hydrogen-bond acceptors (Lipinski definition) is 9. The summed E-state index contributed by atoms with van der Waals surface area (Å²) in [6.07, 6.45) is 1.73. The average Bonchev–Trinajstić information content (AvgIpc) is 3.15. The molecule has 276 valence electrons. The number of hydrogen-bond donors (Lipinski definition) is 4. The Balaban J connectivity index is 1.42. The largest absolute Gasteiger partial charge is 0.497 e. The summed E-state index contributed by atoms with van der Waals surface area (Å²) in [6, 6.07) is 17.8. The van der Waals surface area contributed by atoms with Crippen molar-refractivity contribution in [3.05, 3.63) is 72.3 Å². The molecule has 5 N–H and O–H groups in total. The van der Waals surface area contributed by atoms with Gasteiger partial charge in [-0.15, -0.1) is 0 Å². The normalized spacial score (nSPS) is 17.0. The summed E-state index contributed by atoms with van der Waals surface area (Å²) >= 11 is 0. The maximum absolute atomic E-state index is 13.6. The first-order chi connectivity index (χ1) is 24.3. The Kier molecular flexibility index (Phi) is 13.8. The van der Waals surface area contributed by atoms with E-state index in [1.54, 1.807) is 66.4 Å². The van der Waals surface area contributed by atoms with E-state index in [9.17, 15) is 27.9 Å². The van der Waals surface area contributed by atoms with Crippen molar-refractivity contribution in [3.8, 4) is 11.5 Å². The first-order valence-corrected chi connectivity index (χ1v) is 18.5. The molecule has 0 saturated heterocycles. The van der Waals surface area contributed by atoms with Gasteiger partial charge in [0.25, 0.3) is 0 Å². The van der Waals surface area contributed by atoms with Crippen molar-refractivity contribution in [2.45, 2.75) is 69.4 Å². The summed E-state index contributed by atoms with van der Waals surface area (Å²) in [6.45, 7) is 3.62. The zero-order valence-electron chi connectivity index (χ0n) is 29.6. The van der Waals surface area contributed by atoms with Crippen molar-refractivity contribution in [2.75, 3.05) is 50.2 Å². The van der Waals surface area contributed by atoms with Gasteiger partial charge in [-0.1, -0.05) is 25.5 Å². The van der Waals surface area contributed by atoms with E-state index >= 15 is 0 Å². The predicted octanol–water partition coefficient (Wildman–Crippen LogP) is 4.27. The summed E-state index contributed by atoms with van der Waals surface area (Å²) in [5.41, 5.74) is 7.97. The minimum Gasteiger partial charge on any atom is -0.497 e. The number of ether oxygens (including phenoxy) is 2. The molecule has 0 radical (unpaired) electrons. The molecule has 14 heteroatoms. The number of amides is 3. The van der Waals surface area contributed by atoms with E-state index in [1.165, 1.54) is 30.6 Å². The predicted molar refractivity (Wildman–Crippen MR) is 196 cm³/mol. The third-order valence-corrected chi connectivity index (χ3v) is 10.8. The third kappa shape index (κ3) is 10.7. The second-order valence-electron chi connectivity index (χ2n) is 12.9. The Hall–Kier alpha value is -4.66. The average molecular weight is 724 g/mol. The van der Waals surface area contributed by atoms with Gasteiger partial charge in [0.05, 0.1) is 49.0 Å². The highest BCUT2D eigenvalue weighted by Gasteiger charge is 2.33. The van der Waals surface area contributed by atoms with E-state index in [-0.39, 0.29) is 61.1 Å². The molecule has 0 bridgehead atoms. The number of carbonyl (C=O) groups excluding carboxylic acids is 3. The summed E-state index contributed by atoms with van der Waals surface area (Å²) in [5, 5.41) is 15.6. The van der Waals surface area contributed by atoms with Gasteiger partial charge in [-0.05, 0) is 74.4 Å². The first-order valence-electron chi connectivity index (χ1n) is 17.1. The van der Waals surface area contributed by atoms with E-state index in [0.29, 0.717) is 59.8 Å². The molecule has 3 atom stereocenters. The second kappa shape index (κ2) is 18.0. The number of nitrogens with one attached hydrogen (secondary N) is 2. The monoisotopic (exact) mass is 723 g/mol. The van der Waals surface area contributed by atoms with Crippen LogP contribution in [0.1, 0.15) is 51.5 Å². The Morgan fingerprint density at radius 2 is 1.71 bits per heavy atom. The number of anilines is 3. The van der Waals surface area contributed by atoms with Gasteiger partial charge in [0.15, 0.2) is 0 Å². The van der Waals surface area contributed by atoms with Crippen LogP contribution in [0.2, 0.25) is 0 Å². The molecule has 0 unspecified atom stereocenters. The van der Waals surface area contributed by atoms with Crippen LogP contribution in [0.3, 0.4) is 0 Å². The van der Waals surface area contributed by atoms with Gasteiger partial charge in [-0.3, -0.25) is 14.4 Å². The number of sulfonamides is 1. The summed E-state index contributed by atoms with van der Waals surface area (Å²) in [5.74, 6) is 0.0494. The van der Waals surface area contributed by atoms with E-state index in [4.69, 9.17) is 15.2 Å². The number of carbonyl (C=O) groups is 3. The molecule has 3 amide bonds. The molecule has 1 heterocycles. The van der Waals surface area contributed by atoms with Gasteiger partial charge in [-0.25, -0.2) is 8.42 Å². The molecule has 0 saturated carbocycles. The van der Waals surface area contributed by atoms with Gasteiger partial charge in [-0.2, -0.15) is 4.31 Å². The van der Waals surface area contributed by atoms with E-state index in [1.807, 2.05) is 6.92 Å². The number of rotatable bonds is 15. The molecule has 1 aliphatic rings. The zero-order chi connectivity index (χ0) is 37.1. The molecule has 3 aromatic carbocycles. The summed E-state index contributed by atoms with van der Waals surface area (Å²) in [7, 11) is -0.898. The van der Waals surface area contributed by atoms with Gasteiger partial charge in [0.2, 0.25) is 27.7 Å². The Bertz CT molecular complexity index is 1770. The molecular formula is C37H49N5O8S. The maximum Gasteiger partial charge on any atom is 0.242 e. The first kappa shape index (κ1) is 39.1. The number of likely N-dealkylation sites (N-methyl/N-ethyl adjacent to an activating group) is 1. The number of methoxy groups -OCH3 is 1. The number of nitrogens with two attached hydrogens (primary N) is 1. The molecule has 4 rings (SSSR count). The van der Waals surface area contributed by atoms with Crippen LogP contribution in [0.5, 0.6) is 11.5 Å². The fourth-order valence-electron chi connectivity index (χ4n) is 5.80. The number of aliphatic hydroxyl groups is 1. The molecule has 0 aromatic heterocycles. The van der Waals surface area contributed by atoms with Gasteiger partial charge >= 0.3 is 0 Å². The van der Waals surface area contributed by atoms with Crippen LogP contribution >= 0.6 is 0 Å². The molecule has 13 nitrogen and oxygen atoms in total. The summed E-state index contributed by atoms with van der Waals surface area (Å²) < 4.78 is 39.8. The van der Waals surface area contributed by atoms with E-state index in [0.717, 1.165) is 0 Å². The van der Waals surface area contributed by atoms with Crippen molar-refractivity contribution >= 4 is 44.8 Å². The molecule has 0 spiro atoms. The van der Waals surface area contributed by atoms with Crippen LogP contribution in [0.15, 0.2) is 71.6 Å². The topological polar surface area (TPSA) is 181 Å². The lowest BCUT2D eigenvalue weighted by atomic mass is 10.0. The molecule has 0 aliphatic carbocycles. The third-order valence-electron chi connectivity index (χ3n) is 8.95. The minimum absolute atomic E-state index is 0.00896. The molecule has 1 aliphatic heterocycles. The lowest BCUT2D eigenvalue weighted by Crippen LogP contribution is -2.48.